The van der Waals surface area contributed by atoms with Crippen molar-refractivity contribution >= 4 is 0 Å². The lowest BCUT2D eigenvalue weighted by Crippen LogP contribution is -2.82. The first kappa shape index (κ1) is 22.1. The third-order valence-corrected chi connectivity index (χ3v) is 11.1. The summed E-state index contributed by atoms with van der Waals surface area (Å²) in [7, 11) is 3.11. The first-order valence-corrected chi connectivity index (χ1v) is 12.0. The Morgan fingerprint density at radius 2 is 1.75 bits per heavy atom. The molecular formula is C23H37NO8. The smallest absolute Gasteiger partial charge is 0.136 e. The van der Waals surface area contributed by atoms with E-state index in [1.807, 2.05) is 11.8 Å². The highest BCUT2D eigenvalue weighted by Gasteiger charge is 2.91. The molecule has 6 N–H and O–H groups in total. The number of piperidine rings is 1. The van der Waals surface area contributed by atoms with E-state index in [0.29, 0.717) is 19.5 Å². The average Bonchev–Trinajstić information content (AvgIpc) is 3.11. The van der Waals surface area contributed by atoms with Crippen molar-refractivity contribution in [3.8, 4) is 0 Å². The number of nitrogens with zero attached hydrogens (tertiary/aromatic N) is 1. The minimum Gasteiger partial charge on any atom is -0.392 e. The summed E-state index contributed by atoms with van der Waals surface area (Å²) in [5.74, 6) is -1.88. The third kappa shape index (κ3) is 1.92. The summed E-state index contributed by atoms with van der Waals surface area (Å²) < 4.78 is 11.3. The van der Waals surface area contributed by atoms with Crippen LogP contribution in [0.4, 0.5) is 0 Å². The van der Waals surface area contributed by atoms with E-state index in [-0.39, 0.29) is 31.3 Å². The molecule has 0 aromatic rings. The molecular weight excluding hydrogens is 418 g/mol. The van der Waals surface area contributed by atoms with Gasteiger partial charge in [0.2, 0.25) is 0 Å². The fourth-order valence-electron chi connectivity index (χ4n) is 10.4. The summed E-state index contributed by atoms with van der Waals surface area (Å²) in [6, 6.07) is -0.694. The maximum atomic E-state index is 12.5. The molecule has 1 unspecified atom stereocenters. The Hall–Kier alpha value is -0.360. The second-order valence-electron chi connectivity index (χ2n) is 11.6. The van der Waals surface area contributed by atoms with Crippen molar-refractivity contribution in [3.63, 3.8) is 0 Å². The van der Waals surface area contributed by atoms with Gasteiger partial charge in [-0.1, -0.05) is 6.92 Å². The molecule has 0 radical (unpaired) electrons. The zero-order chi connectivity index (χ0) is 23.0. The first-order chi connectivity index (χ1) is 15.1. The van der Waals surface area contributed by atoms with Crippen LogP contribution in [0.3, 0.4) is 0 Å². The molecule has 32 heavy (non-hydrogen) atoms. The summed E-state index contributed by atoms with van der Waals surface area (Å²) in [6.45, 7) is 3.05. The molecule has 14 atom stereocenters. The number of likely N-dealkylation sites (N-methyl/N-ethyl adjacent to an activating group) is 1. The van der Waals surface area contributed by atoms with E-state index in [9.17, 15) is 30.6 Å². The molecule has 6 fully saturated rings. The fraction of sp³-hybridized carbons (Fsp3) is 1.00. The number of ether oxygens (including phenoxy) is 2. The average molecular weight is 456 g/mol. The molecule has 9 heteroatoms. The summed E-state index contributed by atoms with van der Waals surface area (Å²) in [5, 5.41) is 71.0. The Morgan fingerprint density at radius 1 is 1.03 bits per heavy atom. The molecule has 0 aromatic carbocycles. The second-order valence-corrected chi connectivity index (χ2v) is 11.6. The molecule has 1 saturated heterocycles. The Kier molecular flexibility index (Phi) is 4.45. The summed E-state index contributed by atoms with van der Waals surface area (Å²) in [4.78, 5) is 2.03. The maximum absolute atomic E-state index is 12.5. The molecule has 7 bridgehead atoms. The zero-order valence-corrected chi connectivity index (χ0v) is 19.0. The third-order valence-electron chi connectivity index (χ3n) is 11.1. The fourth-order valence-corrected chi connectivity index (χ4v) is 10.4. The molecule has 1 aliphatic heterocycles. The molecule has 182 valence electrons. The molecule has 1 spiro atoms. The molecule has 5 saturated carbocycles. The highest BCUT2D eigenvalue weighted by molar-refractivity contribution is 5.41. The molecule has 1 heterocycles. The molecule has 9 nitrogen and oxygen atoms in total. The van der Waals surface area contributed by atoms with Gasteiger partial charge < -0.3 is 40.1 Å². The van der Waals surface area contributed by atoms with Crippen LogP contribution in [0.2, 0.25) is 0 Å². The van der Waals surface area contributed by atoms with Gasteiger partial charge in [0, 0.05) is 62.2 Å². The van der Waals surface area contributed by atoms with E-state index in [4.69, 9.17) is 9.47 Å². The minimum atomic E-state index is -1.98. The molecule has 0 aromatic heterocycles. The number of rotatable bonds is 4. The number of fused-ring (bicyclic) bond motifs is 2. The largest absolute Gasteiger partial charge is 0.392 e. The van der Waals surface area contributed by atoms with Gasteiger partial charge in [-0.3, -0.25) is 4.90 Å². The monoisotopic (exact) mass is 455 g/mol. The SMILES string of the molecule is CCN1C[C@]2(COC)[C@H](O)C[C@H](O)[C@]34C1[C@@](O)([C@@H](O)[C@H]23)[C@@]1(O)C[C@H](OC)[C@H]2C[C@@H]4[C@@H]1[C@H]2O. The zero-order valence-electron chi connectivity index (χ0n) is 19.0. The number of hydrogen-bond donors (Lipinski definition) is 6. The lowest BCUT2D eigenvalue weighted by molar-refractivity contribution is -0.323. The minimum absolute atomic E-state index is 0.118. The standard InChI is InChI=1S/C23H37NO8/c1-4-24-8-20(9-31-2)13(25)6-14(26)22-11-5-10-12(32-3)7-21(29,15(11)16(10)27)23(30,19(22)24)18(28)17(20)22/h10-19,25-30H,4-9H2,1-3H3/t10-,11-,12+,13-,14+,15-,16+,17-,18+,19?,20+,21-,22+,23+/m1/s1. The van der Waals surface area contributed by atoms with Crippen molar-refractivity contribution in [2.24, 2.45) is 34.5 Å². The van der Waals surface area contributed by atoms with Gasteiger partial charge >= 0.3 is 0 Å². The first-order valence-electron chi connectivity index (χ1n) is 12.0. The summed E-state index contributed by atoms with van der Waals surface area (Å²) in [5.41, 5.74) is -5.64. The van der Waals surface area contributed by atoms with Crippen molar-refractivity contribution < 1.29 is 40.1 Å². The topological polar surface area (TPSA) is 143 Å². The Labute approximate surface area is 187 Å². The van der Waals surface area contributed by atoms with Crippen molar-refractivity contribution in [2.45, 2.75) is 73.9 Å². The predicted octanol–water partition coefficient (Wildman–Crippen LogP) is -2.07. The van der Waals surface area contributed by atoms with Crippen LogP contribution >= 0.6 is 0 Å². The molecule has 5 aliphatic carbocycles. The normalized spacial score (nSPS) is 64.8. The number of aliphatic hydroxyl groups is 6. The van der Waals surface area contributed by atoms with Gasteiger partial charge in [-0.15, -0.1) is 0 Å². The van der Waals surface area contributed by atoms with Gasteiger partial charge in [-0.05, 0) is 18.9 Å². The van der Waals surface area contributed by atoms with E-state index >= 15 is 0 Å². The number of methoxy groups -OCH3 is 2. The number of hydrogen-bond acceptors (Lipinski definition) is 9. The number of likely N-dealkylation sites (tertiary alicyclic amines) is 1. The second kappa shape index (κ2) is 6.44. The van der Waals surface area contributed by atoms with Crippen molar-refractivity contribution in [3.05, 3.63) is 0 Å². The molecule has 6 aliphatic rings. The molecule has 6 rings (SSSR count). The van der Waals surface area contributed by atoms with Crippen molar-refractivity contribution in [2.75, 3.05) is 33.9 Å². The van der Waals surface area contributed by atoms with Gasteiger partial charge in [0.15, 0.2) is 0 Å². The Bertz CT molecular complexity index is 815. The Balaban J connectivity index is 1.66. The van der Waals surface area contributed by atoms with Crippen LogP contribution in [0.1, 0.15) is 26.2 Å². The van der Waals surface area contributed by atoms with Gasteiger partial charge in [0.25, 0.3) is 0 Å². The van der Waals surface area contributed by atoms with Crippen LogP contribution in [-0.2, 0) is 9.47 Å². The van der Waals surface area contributed by atoms with Gasteiger partial charge in [0.1, 0.15) is 11.2 Å². The van der Waals surface area contributed by atoms with E-state index in [1.165, 1.54) is 0 Å². The van der Waals surface area contributed by atoms with Crippen LogP contribution in [0.15, 0.2) is 0 Å². The van der Waals surface area contributed by atoms with Crippen LogP contribution in [0.25, 0.3) is 0 Å². The maximum Gasteiger partial charge on any atom is 0.136 e. The highest BCUT2D eigenvalue weighted by Crippen LogP contribution is 2.79. The lowest BCUT2D eigenvalue weighted by Gasteiger charge is -2.70. The van der Waals surface area contributed by atoms with Crippen LogP contribution in [0, 0.1) is 34.5 Å². The van der Waals surface area contributed by atoms with Crippen molar-refractivity contribution in [1.29, 1.82) is 0 Å². The van der Waals surface area contributed by atoms with Crippen LogP contribution in [0.5, 0.6) is 0 Å². The molecule has 0 amide bonds. The quantitative estimate of drug-likeness (QED) is 0.282. The van der Waals surface area contributed by atoms with E-state index < -0.39 is 70.4 Å². The lowest BCUT2D eigenvalue weighted by atomic mass is 9.42. The van der Waals surface area contributed by atoms with E-state index in [2.05, 4.69) is 0 Å². The highest BCUT2D eigenvalue weighted by atomic mass is 16.5. The van der Waals surface area contributed by atoms with E-state index in [0.717, 1.165) is 0 Å². The summed E-state index contributed by atoms with van der Waals surface area (Å²) in [6.07, 6.45) is -3.88. The van der Waals surface area contributed by atoms with Gasteiger partial charge in [0.05, 0.1) is 43.2 Å². The van der Waals surface area contributed by atoms with Gasteiger partial charge in [-0.25, -0.2) is 0 Å². The van der Waals surface area contributed by atoms with E-state index in [1.54, 1.807) is 14.2 Å². The van der Waals surface area contributed by atoms with Crippen LogP contribution < -0.4 is 0 Å². The van der Waals surface area contributed by atoms with Gasteiger partial charge in [-0.2, -0.15) is 0 Å². The van der Waals surface area contributed by atoms with Crippen molar-refractivity contribution in [1.82, 2.24) is 4.90 Å². The number of aliphatic hydroxyl groups excluding tert-OH is 4. The predicted molar refractivity (Wildman–Crippen MR) is 110 cm³/mol. The van der Waals surface area contributed by atoms with Crippen LogP contribution in [-0.4, -0.2) is 117 Å². The Morgan fingerprint density at radius 3 is 2.38 bits per heavy atom. The summed E-state index contributed by atoms with van der Waals surface area (Å²) >= 11 is 0.